The van der Waals surface area contributed by atoms with E-state index < -0.39 is 0 Å². The molecule has 2 N–H and O–H groups in total. The third kappa shape index (κ3) is 3.80. The maximum absolute atomic E-state index is 5.59. The van der Waals surface area contributed by atoms with Crippen molar-refractivity contribution < 1.29 is 0 Å². The molecule has 0 radical (unpaired) electrons. The lowest BCUT2D eigenvalue weighted by atomic mass is 10.1. The van der Waals surface area contributed by atoms with Crippen LogP contribution in [0.4, 0.5) is 0 Å². The number of nitrogens with zero attached hydrogens (tertiary/aromatic N) is 2. The number of nitrogens with two attached hydrogens (primary N) is 1. The lowest BCUT2D eigenvalue weighted by Crippen LogP contribution is -2.43. The molecule has 3 heteroatoms. The summed E-state index contributed by atoms with van der Waals surface area (Å²) >= 11 is 0. The molecule has 1 aromatic carbocycles. The van der Waals surface area contributed by atoms with E-state index in [4.69, 9.17) is 5.73 Å². The van der Waals surface area contributed by atoms with Gasteiger partial charge in [0.25, 0.3) is 0 Å². The highest BCUT2D eigenvalue weighted by Gasteiger charge is 2.13. The fourth-order valence-corrected chi connectivity index (χ4v) is 2.31. The second-order valence-corrected chi connectivity index (χ2v) is 4.94. The van der Waals surface area contributed by atoms with Gasteiger partial charge in [-0.2, -0.15) is 0 Å². The van der Waals surface area contributed by atoms with Gasteiger partial charge in [0.1, 0.15) is 0 Å². The Labute approximate surface area is 104 Å². The van der Waals surface area contributed by atoms with E-state index in [1.54, 1.807) is 0 Å². The predicted molar refractivity (Wildman–Crippen MR) is 72.0 cm³/mol. The van der Waals surface area contributed by atoms with E-state index in [9.17, 15) is 0 Å². The van der Waals surface area contributed by atoms with Gasteiger partial charge in [-0.05, 0) is 31.1 Å². The number of rotatable bonds is 4. The minimum absolute atomic E-state index is 0.734. The molecule has 0 aromatic heterocycles. The minimum atomic E-state index is 0.734. The van der Waals surface area contributed by atoms with Gasteiger partial charge in [0, 0.05) is 32.7 Å². The van der Waals surface area contributed by atoms with Gasteiger partial charge in [-0.25, -0.2) is 0 Å². The Bertz CT molecular complexity index is 343. The van der Waals surface area contributed by atoms with E-state index in [2.05, 4.69) is 41.1 Å². The molecule has 1 aliphatic heterocycles. The van der Waals surface area contributed by atoms with Crippen LogP contribution in [0.3, 0.4) is 0 Å². The van der Waals surface area contributed by atoms with Crippen molar-refractivity contribution in [3.05, 3.63) is 35.4 Å². The normalized spacial score (nSPS) is 18.5. The molecule has 94 valence electrons. The van der Waals surface area contributed by atoms with E-state index in [1.165, 1.54) is 37.3 Å². The van der Waals surface area contributed by atoms with Crippen molar-refractivity contribution in [1.29, 1.82) is 0 Å². The smallest absolute Gasteiger partial charge is 0.0234 e. The van der Waals surface area contributed by atoms with Gasteiger partial charge in [0.15, 0.2) is 0 Å². The molecule has 0 unspecified atom stereocenters. The predicted octanol–water partition coefficient (Wildman–Crippen LogP) is 0.935. The minimum Gasteiger partial charge on any atom is -0.330 e. The molecule has 1 saturated heterocycles. The van der Waals surface area contributed by atoms with E-state index in [0.717, 1.165) is 19.5 Å². The fraction of sp³-hybridized carbons (Fsp3) is 0.571. The number of likely N-dealkylation sites (N-methyl/N-ethyl adjacent to an activating group) is 1. The fourth-order valence-electron chi connectivity index (χ4n) is 2.31. The summed E-state index contributed by atoms with van der Waals surface area (Å²) in [6.07, 6.45) is 0.983. The molecule has 0 bridgehead atoms. The Hall–Kier alpha value is -0.900. The molecular weight excluding hydrogens is 210 g/mol. The highest BCUT2D eigenvalue weighted by Crippen LogP contribution is 2.10. The molecule has 0 amide bonds. The second kappa shape index (κ2) is 6.15. The van der Waals surface area contributed by atoms with E-state index in [1.807, 2.05) is 0 Å². The van der Waals surface area contributed by atoms with Crippen molar-refractivity contribution >= 4 is 0 Å². The lowest BCUT2D eigenvalue weighted by molar-refractivity contribution is 0.148. The van der Waals surface area contributed by atoms with Gasteiger partial charge in [0.05, 0.1) is 0 Å². The van der Waals surface area contributed by atoms with Gasteiger partial charge in [-0.3, -0.25) is 4.90 Å². The third-order valence-electron chi connectivity index (χ3n) is 3.43. The summed E-state index contributed by atoms with van der Waals surface area (Å²) in [4.78, 5) is 4.92. The molecule has 1 aromatic rings. The van der Waals surface area contributed by atoms with Crippen molar-refractivity contribution in [3.8, 4) is 0 Å². The Morgan fingerprint density at radius 2 is 1.82 bits per heavy atom. The van der Waals surface area contributed by atoms with Crippen LogP contribution in [-0.4, -0.2) is 49.6 Å². The van der Waals surface area contributed by atoms with Gasteiger partial charge in [-0.15, -0.1) is 0 Å². The second-order valence-electron chi connectivity index (χ2n) is 4.94. The molecule has 0 spiro atoms. The molecular formula is C14H23N3. The molecule has 1 fully saturated rings. The first kappa shape index (κ1) is 12.6. The Morgan fingerprint density at radius 1 is 1.12 bits per heavy atom. The quantitative estimate of drug-likeness (QED) is 0.840. The monoisotopic (exact) mass is 233 g/mol. The summed E-state index contributed by atoms with van der Waals surface area (Å²) in [7, 11) is 2.19. The van der Waals surface area contributed by atoms with Gasteiger partial charge < -0.3 is 10.6 Å². The zero-order chi connectivity index (χ0) is 12.1. The van der Waals surface area contributed by atoms with E-state index in [-0.39, 0.29) is 0 Å². The number of piperazine rings is 1. The van der Waals surface area contributed by atoms with Crippen LogP contribution in [0.1, 0.15) is 11.1 Å². The summed E-state index contributed by atoms with van der Waals surface area (Å²) in [6, 6.07) is 8.83. The highest BCUT2D eigenvalue weighted by atomic mass is 15.2. The zero-order valence-corrected chi connectivity index (χ0v) is 10.7. The molecule has 3 nitrogen and oxygen atoms in total. The first-order valence-corrected chi connectivity index (χ1v) is 6.47. The number of hydrogen-bond donors (Lipinski definition) is 1. The van der Waals surface area contributed by atoms with Crippen LogP contribution in [0.2, 0.25) is 0 Å². The zero-order valence-electron chi connectivity index (χ0n) is 10.7. The van der Waals surface area contributed by atoms with Gasteiger partial charge >= 0.3 is 0 Å². The van der Waals surface area contributed by atoms with E-state index >= 15 is 0 Å². The molecule has 1 aliphatic rings. The molecule has 2 rings (SSSR count). The maximum atomic E-state index is 5.59. The first-order chi connectivity index (χ1) is 8.28. The third-order valence-corrected chi connectivity index (χ3v) is 3.43. The highest BCUT2D eigenvalue weighted by molar-refractivity contribution is 5.23. The van der Waals surface area contributed by atoms with Crippen LogP contribution in [0.15, 0.2) is 24.3 Å². The van der Waals surface area contributed by atoms with Gasteiger partial charge in [0.2, 0.25) is 0 Å². The molecule has 0 atom stereocenters. The Balaban J connectivity index is 1.91. The molecule has 1 heterocycles. The number of benzene rings is 1. The van der Waals surface area contributed by atoms with Crippen LogP contribution in [-0.2, 0) is 13.0 Å². The summed E-state index contributed by atoms with van der Waals surface area (Å²) in [5.41, 5.74) is 8.37. The SMILES string of the molecule is CN1CCN(Cc2cccc(CCN)c2)CC1. The average Bonchev–Trinajstić information content (AvgIpc) is 2.33. The van der Waals surface area contributed by atoms with Crippen molar-refractivity contribution in [2.45, 2.75) is 13.0 Å². The topological polar surface area (TPSA) is 32.5 Å². The number of hydrogen-bond acceptors (Lipinski definition) is 3. The largest absolute Gasteiger partial charge is 0.330 e. The molecule has 0 aliphatic carbocycles. The van der Waals surface area contributed by atoms with Crippen molar-refractivity contribution in [3.63, 3.8) is 0 Å². The maximum Gasteiger partial charge on any atom is 0.0234 e. The Kier molecular flexibility index (Phi) is 4.54. The summed E-state index contributed by atoms with van der Waals surface area (Å²) in [5.74, 6) is 0. The van der Waals surface area contributed by atoms with Crippen molar-refractivity contribution in [2.75, 3.05) is 39.8 Å². The average molecular weight is 233 g/mol. The van der Waals surface area contributed by atoms with Crippen LogP contribution < -0.4 is 5.73 Å². The van der Waals surface area contributed by atoms with Crippen molar-refractivity contribution in [1.82, 2.24) is 9.80 Å². The summed E-state index contributed by atoms with van der Waals surface area (Å²) in [5, 5.41) is 0. The molecule has 0 saturated carbocycles. The lowest BCUT2D eigenvalue weighted by Gasteiger charge is -2.32. The van der Waals surface area contributed by atoms with Gasteiger partial charge in [-0.1, -0.05) is 24.3 Å². The summed E-state index contributed by atoms with van der Waals surface area (Å²) < 4.78 is 0. The van der Waals surface area contributed by atoms with Crippen LogP contribution in [0, 0.1) is 0 Å². The van der Waals surface area contributed by atoms with Crippen LogP contribution >= 0.6 is 0 Å². The standard InChI is InChI=1S/C14H23N3/c1-16-7-9-17(10-8-16)12-14-4-2-3-13(11-14)5-6-15/h2-4,11H,5-10,12,15H2,1H3. The van der Waals surface area contributed by atoms with E-state index in [0.29, 0.717) is 0 Å². The van der Waals surface area contributed by atoms with Crippen LogP contribution in [0.25, 0.3) is 0 Å². The first-order valence-electron chi connectivity index (χ1n) is 6.47. The Morgan fingerprint density at radius 3 is 2.53 bits per heavy atom. The van der Waals surface area contributed by atoms with Crippen molar-refractivity contribution in [2.24, 2.45) is 5.73 Å². The summed E-state index contributed by atoms with van der Waals surface area (Å²) in [6.45, 7) is 6.53. The molecule has 17 heavy (non-hydrogen) atoms. The van der Waals surface area contributed by atoms with Crippen LogP contribution in [0.5, 0.6) is 0 Å².